The number of hydrogen-bond acceptors (Lipinski definition) is 4. The molecule has 2 saturated heterocycles. The van der Waals surface area contributed by atoms with Gasteiger partial charge in [0.1, 0.15) is 13.1 Å². The summed E-state index contributed by atoms with van der Waals surface area (Å²) in [5.74, 6) is 1.04. The van der Waals surface area contributed by atoms with Crippen molar-refractivity contribution >= 4 is 24.2 Å². The fourth-order valence-electron chi connectivity index (χ4n) is 5.83. The van der Waals surface area contributed by atoms with Crippen molar-refractivity contribution in [1.29, 1.82) is 0 Å². The van der Waals surface area contributed by atoms with Crippen LogP contribution in [0.25, 0.3) is 5.57 Å². The van der Waals surface area contributed by atoms with Gasteiger partial charge in [-0.15, -0.1) is 6.58 Å². The highest BCUT2D eigenvalue weighted by atomic mass is 19.1. The molecule has 2 N–H and O–H groups in total. The third-order valence-electron chi connectivity index (χ3n) is 7.85. The van der Waals surface area contributed by atoms with E-state index in [1.54, 1.807) is 6.07 Å². The standard InChI is InChI=1S/C28H38BFN4/c1-18(2)13-21-5-8-28(29-16-21)32-20(4)24-17-34(22-6-7-22)26-15-27(33-11-9-31-10-12-33)25(30)14-23(26)19(24)3/h14-15,17,21-22,28-29,31-32H,1,3-13,16H2,2H3. The summed E-state index contributed by atoms with van der Waals surface area (Å²) in [6.45, 7) is 18.5. The first-order valence-electron chi connectivity index (χ1n) is 13.0. The Balaban J connectivity index is 1.34. The molecule has 6 heteroatoms. The Bertz CT molecular complexity index is 1010. The number of allylic oxidation sites excluding steroid dienone is 2. The third kappa shape index (κ3) is 4.83. The van der Waals surface area contributed by atoms with E-state index in [1.165, 1.54) is 31.2 Å². The van der Waals surface area contributed by atoms with Crippen LogP contribution in [0.3, 0.4) is 0 Å². The molecule has 1 aliphatic carbocycles. The molecular formula is C28H38BFN4. The molecule has 1 aromatic carbocycles. The topological polar surface area (TPSA) is 30.5 Å². The molecule has 0 spiro atoms. The van der Waals surface area contributed by atoms with E-state index in [4.69, 9.17) is 0 Å². The number of nitrogens with one attached hydrogen (secondary N) is 2. The number of rotatable bonds is 7. The minimum Gasteiger partial charge on any atom is -0.390 e. The average Bonchev–Trinajstić information content (AvgIpc) is 3.66. The quantitative estimate of drug-likeness (QED) is 0.453. The fraction of sp³-hybridized carbons (Fsp3) is 0.500. The van der Waals surface area contributed by atoms with Crippen molar-refractivity contribution in [3.05, 3.63) is 66.3 Å². The first-order chi connectivity index (χ1) is 16.4. The Kier molecular flexibility index (Phi) is 6.61. The van der Waals surface area contributed by atoms with Crippen molar-refractivity contribution in [3.8, 4) is 0 Å². The molecule has 3 aliphatic heterocycles. The highest BCUT2D eigenvalue weighted by molar-refractivity contribution is 6.38. The summed E-state index contributed by atoms with van der Waals surface area (Å²) >= 11 is 0. The predicted molar refractivity (Wildman–Crippen MR) is 144 cm³/mol. The van der Waals surface area contributed by atoms with Crippen LogP contribution in [-0.2, 0) is 0 Å². The smallest absolute Gasteiger partial charge is 0.149 e. The van der Waals surface area contributed by atoms with Gasteiger partial charge in [-0.1, -0.05) is 25.1 Å². The summed E-state index contributed by atoms with van der Waals surface area (Å²) < 4.78 is 15.3. The zero-order valence-corrected chi connectivity index (χ0v) is 20.6. The van der Waals surface area contributed by atoms with Crippen LogP contribution in [0.2, 0.25) is 6.32 Å². The summed E-state index contributed by atoms with van der Waals surface area (Å²) in [5.41, 5.74) is 6.77. The van der Waals surface area contributed by atoms with Gasteiger partial charge in [0.15, 0.2) is 0 Å². The summed E-state index contributed by atoms with van der Waals surface area (Å²) in [4.78, 5) is 4.50. The zero-order valence-electron chi connectivity index (χ0n) is 20.6. The lowest BCUT2D eigenvalue weighted by Crippen LogP contribution is -2.44. The molecular weight excluding hydrogens is 422 g/mol. The van der Waals surface area contributed by atoms with Gasteiger partial charge in [0.05, 0.1) is 11.4 Å². The molecule has 0 aromatic heterocycles. The SMILES string of the molecule is C=C(C)CC1CBC(NC(=C)C2=CN(C3CC3)c3cc(N4CCNCC4)c(F)cc3C2=C)CC1. The van der Waals surface area contributed by atoms with Gasteiger partial charge in [0, 0.05) is 55.3 Å². The molecule has 0 radical (unpaired) electrons. The monoisotopic (exact) mass is 460 g/mol. The summed E-state index contributed by atoms with van der Waals surface area (Å²) in [6.07, 6.45) is 9.31. The van der Waals surface area contributed by atoms with Crippen molar-refractivity contribution in [2.24, 2.45) is 5.92 Å². The molecule has 1 saturated carbocycles. The molecule has 4 nitrogen and oxygen atoms in total. The molecule has 3 fully saturated rings. The van der Waals surface area contributed by atoms with Crippen LogP contribution < -0.4 is 20.4 Å². The Labute approximate surface area is 204 Å². The average molecular weight is 460 g/mol. The van der Waals surface area contributed by atoms with Crippen LogP contribution in [0.1, 0.15) is 44.6 Å². The van der Waals surface area contributed by atoms with Crippen LogP contribution >= 0.6 is 0 Å². The van der Waals surface area contributed by atoms with Crippen LogP contribution in [0, 0.1) is 11.7 Å². The van der Waals surface area contributed by atoms with E-state index in [1.807, 2.05) is 6.07 Å². The number of fused-ring (bicyclic) bond motifs is 1. The summed E-state index contributed by atoms with van der Waals surface area (Å²) in [7, 11) is 1.16. The molecule has 180 valence electrons. The molecule has 2 unspecified atom stereocenters. The van der Waals surface area contributed by atoms with E-state index >= 15 is 4.39 Å². The van der Waals surface area contributed by atoms with Gasteiger partial charge < -0.3 is 20.4 Å². The lowest BCUT2D eigenvalue weighted by molar-refractivity contribution is 0.454. The minimum atomic E-state index is -0.159. The van der Waals surface area contributed by atoms with Crippen LogP contribution in [0.4, 0.5) is 15.8 Å². The van der Waals surface area contributed by atoms with Gasteiger partial charge in [0.25, 0.3) is 0 Å². The van der Waals surface area contributed by atoms with E-state index in [-0.39, 0.29) is 5.82 Å². The molecule has 4 aliphatic rings. The highest BCUT2D eigenvalue weighted by Crippen LogP contribution is 2.45. The van der Waals surface area contributed by atoms with E-state index in [0.717, 1.165) is 80.3 Å². The molecule has 1 aromatic rings. The third-order valence-corrected chi connectivity index (χ3v) is 7.85. The van der Waals surface area contributed by atoms with E-state index in [9.17, 15) is 0 Å². The number of nitrogens with zero attached hydrogens (tertiary/aromatic N) is 2. The zero-order chi connectivity index (χ0) is 23.8. The molecule has 0 bridgehead atoms. The van der Waals surface area contributed by atoms with Gasteiger partial charge in [-0.2, -0.15) is 0 Å². The van der Waals surface area contributed by atoms with Crippen molar-refractivity contribution < 1.29 is 4.39 Å². The maximum Gasteiger partial charge on any atom is 0.149 e. The summed E-state index contributed by atoms with van der Waals surface area (Å²) in [6, 6.07) is 4.23. The largest absolute Gasteiger partial charge is 0.390 e. The Hall–Kier alpha value is -2.47. The van der Waals surface area contributed by atoms with Crippen LogP contribution in [-0.4, -0.2) is 45.4 Å². The van der Waals surface area contributed by atoms with Crippen molar-refractivity contribution in [2.45, 2.75) is 57.3 Å². The van der Waals surface area contributed by atoms with Gasteiger partial charge >= 0.3 is 0 Å². The van der Waals surface area contributed by atoms with Crippen molar-refractivity contribution in [1.82, 2.24) is 10.6 Å². The first-order valence-corrected chi connectivity index (χ1v) is 13.0. The first kappa shape index (κ1) is 23.3. The number of benzene rings is 1. The minimum absolute atomic E-state index is 0.159. The Morgan fingerprint density at radius 1 is 1.15 bits per heavy atom. The summed E-state index contributed by atoms with van der Waals surface area (Å²) in [5, 5.41) is 7.05. The number of anilines is 2. The molecule has 5 rings (SSSR count). The lowest BCUT2D eigenvalue weighted by Gasteiger charge is -2.36. The lowest BCUT2D eigenvalue weighted by atomic mass is 9.55. The van der Waals surface area contributed by atoms with Crippen LogP contribution in [0.15, 0.2) is 54.9 Å². The maximum atomic E-state index is 15.3. The second kappa shape index (κ2) is 9.65. The Morgan fingerprint density at radius 3 is 2.56 bits per heavy atom. The maximum absolute atomic E-state index is 15.3. The van der Waals surface area contributed by atoms with Gasteiger partial charge in [0.2, 0.25) is 0 Å². The Morgan fingerprint density at radius 2 is 1.91 bits per heavy atom. The highest BCUT2D eigenvalue weighted by Gasteiger charge is 2.35. The molecule has 3 heterocycles. The second-order valence-corrected chi connectivity index (χ2v) is 10.7. The second-order valence-electron chi connectivity index (χ2n) is 10.7. The van der Waals surface area contributed by atoms with Crippen LogP contribution in [0.5, 0.6) is 0 Å². The van der Waals surface area contributed by atoms with Crippen molar-refractivity contribution in [2.75, 3.05) is 36.0 Å². The number of piperazine rings is 1. The molecule has 2 atom stereocenters. The van der Waals surface area contributed by atoms with Gasteiger partial charge in [-0.25, -0.2) is 4.39 Å². The number of halogens is 1. The normalized spacial score (nSPS) is 24.8. The van der Waals surface area contributed by atoms with E-state index < -0.39 is 0 Å². The fourth-order valence-corrected chi connectivity index (χ4v) is 5.83. The van der Waals surface area contributed by atoms with Gasteiger partial charge in [-0.05, 0) is 68.6 Å². The van der Waals surface area contributed by atoms with E-state index in [0.29, 0.717) is 17.7 Å². The van der Waals surface area contributed by atoms with Gasteiger partial charge in [-0.3, -0.25) is 0 Å². The van der Waals surface area contributed by atoms with E-state index in [2.05, 4.69) is 53.3 Å². The number of hydrogen-bond donors (Lipinski definition) is 2. The van der Waals surface area contributed by atoms with Crippen molar-refractivity contribution in [3.63, 3.8) is 0 Å². The molecule has 34 heavy (non-hydrogen) atoms. The molecule has 0 amide bonds. The predicted octanol–water partition coefficient (Wildman–Crippen LogP) is 4.78.